The zero-order valence-corrected chi connectivity index (χ0v) is 16.5. The first-order chi connectivity index (χ1) is 8.70. The summed E-state index contributed by atoms with van der Waals surface area (Å²) in [5, 5.41) is 6.42. The fourth-order valence-electron chi connectivity index (χ4n) is 1.42. The standard InChI is InChI=1S/C13H29N3O2S.HI/c1-6-9-15-12(14-7-2)16-11-13(3,4)8-10-19(5,17)18;/h6-11H2,1-5H3,(H2,14,15,16);1H. The van der Waals surface area contributed by atoms with Crippen molar-refractivity contribution in [3.05, 3.63) is 0 Å². The lowest BCUT2D eigenvalue weighted by atomic mass is 9.90. The number of aliphatic imine (C=N–C) groups is 1. The third-order valence-electron chi connectivity index (χ3n) is 2.70. The van der Waals surface area contributed by atoms with Crippen molar-refractivity contribution in [2.75, 3.05) is 31.6 Å². The molecule has 0 aliphatic rings. The number of nitrogens with one attached hydrogen (secondary N) is 2. The van der Waals surface area contributed by atoms with E-state index in [1.807, 2.05) is 20.8 Å². The van der Waals surface area contributed by atoms with E-state index in [1.165, 1.54) is 6.26 Å². The first kappa shape index (κ1) is 22.2. The normalized spacial score (nSPS) is 12.8. The SMILES string of the molecule is CCCNC(=NCC(C)(C)CCS(C)(=O)=O)NCC.I. The van der Waals surface area contributed by atoms with E-state index in [1.54, 1.807) is 0 Å². The lowest BCUT2D eigenvalue weighted by Gasteiger charge is -2.22. The zero-order valence-electron chi connectivity index (χ0n) is 13.3. The van der Waals surface area contributed by atoms with Crippen molar-refractivity contribution in [3.63, 3.8) is 0 Å². The molecule has 0 saturated heterocycles. The van der Waals surface area contributed by atoms with Crippen LogP contribution >= 0.6 is 24.0 Å². The number of sulfone groups is 1. The van der Waals surface area contributed by atoms with E-state index in [4.69, 9.17) is 0 Å². The van der Waals surface area contributed by atoms with Crippen LogP contribution in [0.25, 0.3) is 0 Å². The Balaban J connectivity index is 0. The summed E-state index contributed by atoms with van der Waals surface area (Å²) in [6, 6.07) is 0. The summed E-state index contributed by atoms with van der Waals surface area (Å²) in [7, 11) is -2.90. The highest BCUT2D eigenvalue weighted by atomic mass is 127. The molecule has 0 amide bonds. The summed E-state index contributed by atoms with van der Waals surface area (Å²) < 4.78 is 22.4. The quantitative estimate of drug-likeness (QED) is 0.359. The minimum absolute atomic E-state index is 0. The molecule has 0 heterocycles. The van der Waals surface area contributed by atoms with Crippen molar-refractivity contribution < 1.29 is 8.42 Å². The molecule has 0 aromatic carbocycles. The highest BCUT2D eigenvalue weighted by Gasteiger charge is 2.20. The Hall–Kier alpha value is -0.0500. The Kier molecular flexibility index (Phi) is 11.8. The van der Waals surface area contributed by atoms with Crippen molar-refractivity contribution in [1.82, 2.24) is 10.6 Å². The van der Waals surface area contributed by atoms with Gasteiger partial charge in [0, 0.05) is 25.9 Å². The molecule has 2 N–H and O–H groups in total. The molecule has 0 aromatic rings. The summed E-state index contributed by atoms with van der Waals surface area (Å²) >= 11 is 0. The first-order valence-electron chi connectivity index (χ1n) is 6.90. The Bertz CT molecular complexity index is 381. The average Bonchev–Trinajstić information content (AvgIpc) is 2.30. The second kappa shape index (κ2) is 10.6. The second-order valence-electron chi connectivity index (χ2n) is 5.67. The molecule has 0 rings (SSSR count). The molecule has 20 heavy (non-hydrogen) atoms. The number of hydrogen-bond donors (Lipinski definition) is 2. The van der Waals surface area contributed by atoms with Gasteiger partial charge in [0.25, 0.3) is 0 Å². The van der Waals surface area contributed by atoms with Gasteiger partial charge in [-0.25, -0.2) is 8.42 Å². The van der Waals surface area contributed by atoms with Gasteiger partial charge in [0.2, 0.25) is 0 Å². The van der Waals surface area contributed by atoms with E-state index in [0.29, 0.717) is 13.0 Å². The Morgan fingerprint density at radius 2 is 1.80 bits per heavy atom. The Morgan fingerprint density at radius 1 is 1.20 bits per heavy atom. The molecule has 0 radical (unpaired) electrons. The number of nitrogens with zero attached hydrogens (tertiary/aromatic N) is 1. The Labute approximate surface area is 141 Å². The first-order valence-corrected chi connectivity index (χ1v) is 8.96. The van der Waals surface area contributed by atoms with Gasteiger partial charge in [-0.15, -0.1) is 24.0 Å². The van der Waals surface area contributed by atoms with Gasteiger partial charge < -0.3 is 10.6 Å². The van der Waals surface area contributed by atoms with Gasteiger partial charge in [-0.1, -0.05) is 20.8 Å². The van der Waals surface area contributed by atoms with E-state index in [9.17, 15) is 8.42 Å². The van der Waals surface area contributed by atoms with Gasteiger partial charge in [0.1, 0.15) is 9.84 Å². The fourth-order valence-corrected chi connectivity index (χ4v) is 2.34. The van der Waals surface area contributed by atoms with Crippen LogP contribution in [-0.4, -0.2) is 46.0 Å². The predicted molar refractivity (Wildman–Crippen MR) is 97.8 cm³/mol. The van der Waals surface area contributed by atoms with Gasteiger partial charge in [-0.05, 0) is 25.2 Å². The van der Waals surface area contributed by atoms with Crippen LogP contribution in [0.3, 0.4) is 0 Å². The number of halogens is 1. The number of guanidine groups is 1. The maximum atomic E-state index is 11.2. The van der Waals surface area contributed by atoms with Gasteiger partial charge >= 0.3 is 0 Å². The van der Waals surface area contributed by atoms with Crippen LogP contribution in [0.4, 0.5) is 0 Å². The summed E-state index contributed by atoms with van der Waals surface area (Å²) in [6.45, 7) is 10.5. The van der Waals surface area contributed by atoms with Crippen molar-refractivity contribution in [1.29, 1.82) is 0 Å². The zero-order chi connectivity index (χ0) is 14.9. The van der Waals surface area contributed by atoms with Crippen molar-refractivity contribution in [2.24, 2.45) is 10.4 Å². The lowest BCUT2D eigenvalue weighted by Crippen LogP contribution is -2.38. The summed E-state index contributed by atoms with van der Waals surface area (Å²) in [4.78, 5) is 4.52. The molecule has 0 aromatic heterocycles. The minimum Gasteiger partial charge on any atom is -0.357 e. The summed E-state index contributed by atoms with van der Waals surface area (Å²) in [6.07, 6.45) is 2.95. The van der Waals surface area contributed by atoms with Crippen LogP contribution in [0.5, 0.6) is 0 Å². The van der Waals surface area contributed by atoms with Crippen molar-refractivity contribution in [2.45, 2.75) is 40.5 Å². The van der Waals surface area contributed by atoms with E-state index in [2.05, 4.69) is 22.5 Å². The molecule has 0 unspecified atom stereocenters. The molecule has 0 bridgehead atoms. The summed E-state index contributed by atoms with van der Waals surface area (Å²) in [5.74, 6) is 1.02. The second-order valence-corrected chi connectivity index (χ2v) is 7.93. The lowest BCUT2D eigenvalue weighted by molar-refractivity contribution is 0.365. The molecule has 0 spiro atoms. The van der Waals surface area contributed by atoms with E-state index in [-0.39, 0.29) is 35.1 Å². The van der Waals surface area contributed by atoms with E-state index < -0.39 is 9.84 Å². The third-order valence-corrected chi connectivity index (χ3v) is 3.65. The monoisotopic (exact) mass is 419 g/mol. The van der Waals surface area contributed by atoms with Crippen LogP contribution in [0, 0.1) is 5.41 Å². The molecule has 0 atom stereocenters. The molecule has 7 heteroatoms. The smallest absolute Gasteiger partial charge is 0.191 e. The van der Waals surface area contributed by atoms with E-state index >= 15 is 0 Å². The number of rotatable bonds is 8. The maximum Gasteiger partial charge on any atom is 0.191 e. The fraction of sp³-hybridized carbons (Fsp3) is 0.923. The summed E-state index contributed by atoms with van der Waals surface area (Å²) in [5.41, 5.74) is -0.113. The molecule has 5 nitrogen and oxygen atoms in total. The molecule has 122 valence electrons. The number of hydrogen-bond acceptors (Lipinski definition) is 3. The van der Waals surface area contributed by atoms with Crippen LogP contribution in [0.1, 0.15) is 40.5 Å². The highest BCUT2D eigenvalue weighted by Crippen LogP contribution is 2.21. The molecule has 0 saturated carbocycles. The predicted octanol–water partition coefficient (Wildman–Crippen LogP) is 2.03. The van der Waals surface area contributed by atoms with Gasteiger partial charge in [-0.2, -0.15) is 0 Å². The average molecular weight is 419 g/mol. The topological polar surface area (TPSA) is 70.6 Å². The molecular formula is C13H30IN3O2S. The van der Waals surface area contributed by atoms with Crippen molar-refractivity contribution in [3.8, 4) is 0 Å². The van der Waals surface area contributed by atoms with Crippen LogP contribution in [-0.2, 0) is 9.84 Å². The van der Waals surface area contributed by atoms with Crippen LogP contribution in [0.15, 0.2) is 4.99 Å². The third kappa shape index (κ3) is 13.0. The van der Waals surface area contributed by atoms with Crippen LogP contribution in [0.2, 0.25) is 0 Å². The molecule has 0 aliphatic heterocycles. The molecule has 0 fully saturated rings. The van der Waals surface area contributed by atoms with Gasteiger partial charge in [-0.3, -0.25) is 4.99 Å². The molecular weight excluding hydrogens is 389 g/mol. The molecule has 0 aliphatic carbocycles. The largest absolute Gasteiger partial charge is 0.357 e. The highest BCUT2D eigenvalue weighted by molar-refractivity contribution is 14.0. The maximum absolute atomic E-state index is 11.2. The minimum atomic E-state index is -2.90. The van der Waals surface area contributed by atoms with Crippen molar-refractivity contribution >= 4 is 39.8 Å². The van der Waals surface area contributed by atoms with E-state index in [0.717, 1.165) is 25.5 Å². The van der Waals surface area contributed by atoms with Gasteiger partial charge in [0.15, 0.2) is 5.96 Å². The van der Waals surface area contributed by atoms with Crippen LogP contribution < -0.4 is 10.6 Å². The van der Waals surface area contributed by atoms with Gasteiger partial charge in [0.05, 0.1) is 5.75 Å². The Morgan fingerprint density at radius 3 is 2.25 bits per heavy atom.